The lowest BCUT2D eigenvalue weighted by Gasteiger charge is -2.29. The van der Waals surface area contributed by atoms with Crippen LogP contribution in [0.5, 0.6) is 0 Å². The van der Waals surface area contributed by atoms with Gasteiger partial charge in [0.1, 0.15) is 0 Å². The zero-order valence-corrected chi connectivity index (χ0v) is 26.7. The molecule has 0 aromatic heterocycles. The van der Waals surface area contributed by atoms with Crippen molar-refractivity contribution >= 4 is 16.7 Å². The fraction of sp³-hybridized carbons (Fsp3) is 0.595. The molecule has 7 nitrogen and oxygen atoms in total. The van der Waals surface area contributed by atoms with Crippen LogP contribution >= 0.6 is 0 Å². The molecule has 1 heterocycles. The first-order chi connectivity index (χ1) is 21.3. The molecule has 1 fully saturated rings. The highest BCUT2D eigenvalue weighted by molar-refractivity contribution is 5.87. The van der Waals surface area contributed by atoms with Crippen LogP contribution in [-0.4, -0.2) is 66.7 Å². The largest absolute Gasteiger partial charge is 0.462 e. The van der Waals surface area contributed by atoms with Gasteiger partial charge in [-0.1, -0.05) is 82.2 Å². The predicted molar refractivity (Wildman–Crippen MR) is 175 cm³/mol. The number of ether oxygens (including phenoxy) is 3. The van der Waals surface area contributed by atoms with Crippen molar-refractivity contribution in [2.75, 3.05) is 33.0 Å². The quantitative estimate of drug-likeness (QED) is 0.0490. The van der Waals surface area contributed by atoms with Gasteiger partial charge in [0, 0.05) is 18.1 Å². The normalized spacial score (nSPS) is 18.2. The molecule has 4 atom stereocenters. The Morgan fingerprint density at radius 1 is 0.932 bits per heavy atom. The predicted octanol–water partition coefficient (Wildman–Crippen LogP) is 6.45. The Labute approximate surface area is 263 Å². The number of unbranched alkanes of at least 4 members (excludes halogenated alkanes) is 3. The Bertz CT molecular complexity index is 1170. The topological polar surface area (TPSA) is 105 Å². The minimum absolute atomic E-state index is 0.00202. The molecule has 0 bridgehead atoms. The van der Waals surface area contributed by atoms with Crippen molar-refractivity contribution in [3.63, 3.8) is 0 Å². The number of carbonyl (C=O) groups excluding carboxylic acids is 1. The molecular formula is C37H54O7. The molecule has 244 valence electrons. The van der Waals surface area contributed by atoms with E-state index in [0.717, 1.165) is 58.0 Å². The zero-order valence-electron chi connectivity index (χ0n) is 26.7. The van der Waals surface area contributed by atoms with Gasteiger partial charge in [0.15, 0.2) is 6.29 Å². The number of rotatable bonds is 21. The highest BCUT2D eigenvalue weighted by Gasteiger charge is 2.22. The molecule has 4 unspecified atom stereocenters. The number of benzene rings is 2. The van der Waals surface area contributed by atoms with Crippen LogP contribution in [0.2, 0.25) is 0 Å². The molecule has 7 heteroatoms. The highest BCUT2D eigenvalue weighted by atomic mass is 16.6. The Morgan fingerprint density at radius 3 is 2.30 bits per heavy atom. The van der Waals surface area contributed by atoms with Gasteiger partial charge in [-0.3, -0.25) is 0 Å². The number of aryl methyl sites for hydroxylation is 2. The molecule has 3 rings (SSSR count). The van der Waals surface area contributed by atoms with Crippen LogP contribution in [-0.2, 0) is 31.8 Å². The molecular weight excluding hydrogens is 556 g/mol. The van der Waals surface area contributed by atoms with Crippen molar-refractivity contribution in [2.45, 2.75) is 96.4 Å². The summed E-state index contributed by atoms with van der Waals surface area (Å²) in [5, 5.41) is 30.9. The third-order valence-corrected chi connectivity index (χ3v) is 8.70. The number of aliphatic hydroxyl groups excluding tert-OH is 3. The Kier molecular flexibility index (Phi) is 16.1. The van der Waals surface area contributed by atoms with E-state index in [1.165, 1.54) is 47.6 Å². The van der Waals surface area contributed by atoms with E-state index in [1.807, 2.05) is 0 Å². The molecule has 0 saturated carbocycles. The third kappa shape index (κ3) is 12.4. The monoisotopic (exact) mass is 610 g/mol. The Hall–Kier alpha value is -2.55. The van der Waals surface area contributed by atoms with Crippen LogP contribution < -0.4 is 0 Å². The molecule has 1 saturated heterocycles. The van der Waals surface area contributed by atoms with Crippen molar-refractivity contribution in [3.05, 3.63) is 71.8 Å². The summed E-state index contributed by atoms with van der Waals surface area (Å²) < 4.78 is 17.0. The van der Waals surface area contributed by atoms with Crippen LogP contribution in [0, 0.1) is 11.8 Å². The second-order valence-electron chi connectivity index (χ2n) is 12.4. The van der Waals surface area contributed by atoms with Crippen LogP contribution in [0.15, 0.2) is 60.7 Å². The molecule has 1 aliphatic heterocycles. The molecule has 0 amide bonds. The summed E-state index contributed by atoms with van der Waals surface area (Å²) in [6.07, 6.45) is 12.1. The van der Waals surface area contributed by atoms with Gasteiger partial charge in [-0.2, -0.15) is 0 Å². The van der Waals surface area contributed by atoms with Crippen molar-refractivity contribution in [1.29, 1.82) is 0 Å². The number of esters is 1. The molecule has 2 aromatic carbocycles. The Morgan fingerprint density at radius 2 is 1.66 bits per heavy atom. The van der Waals surface area contributed by atoms with Crippen molar-refractivity contribution in [3.8, 4) is 0 Å². The first-order valence-corrected chi connectivity index (χ1v) is 16.5. The van der Waals surface area contributed by atoms with E-state index >= 15 is 0 Å². The number of aliphatic hydroxyl groups is 3. The van der Waals surface area contributed by atoms with Gasteiger partial charge in [-0.15, -0.1) is 0 Å². The van der Waals surface area contributed by atoms with Gasteiger partial charge in [-0.05, 0) is 79.2 Å². The standard InChI is InChI=1S/C37H54O7/c1-4-5-6-9-29-12-16-34-21-30(13-17-33(34)20-29)14-18-35-19-15-31(24-42-35)10-7-8-11-32(25-43-36(40)27(2)22-38)26-44-37(41)28(3)23-39/h12-13,16-17,20-21,31-32,35-36,38-40H,2-11,14-15,18-19,22-26H2,1H3. The van der Waals surface area contributed by atoms with E-state index in [0.29, 0.717) is 12.0 Å². The molecule has 1 aliphatic rings. The van der Waals surface area contributed by atoms with Gasteiger partial charge in [0.05, 0.1) is 38.1 Å². The molecule has 0 spiro atoms. The highest BCUT2D eigenvalue weighted by Crippen LogP contribution is 2.27. The van der Waals surface area contributed by atoms with E-state index in [1.54, 1.807) is 0 Å². The summed E-state index contributed by atoms with van der Waals surface area (Å²) in [4.78, 5) is 11.9. The summed E-state index contributed by atoms with van der Waals surface area (Å²) in [7, 11) is 0. The van der Waals surface area contributed by atoms with Crippen molar-refractivity contribution in [1.82, 2.24) is 0 Å². The van der Waals surface area contributed by atoms with E-state index in [9.17, 15) is 9.90 Å². The maximum Gasteiger partial charge on any atom is 0.335 e. The second-order valence-corrected chi connectivity index (χ2v) is 12.4. The number of fused-ring (bicyclic) bond motifs is 1. The molecule has 2 aromatic rings. The van der Waals surface area contributed by atoms with E-state index in [4.69, 9.17) is 24.4 Å². The second kappa shape index (κ2) is 19.8. The van der Waals surface area contributed by atoms with Gasteiger partial charge in [-0.25, -0.2) is 4.79 Å². The van der Waals surface area contributed by atoms with Gasteiger partial charge < -0.3 is 29.5 Å². The van der Waals surface area contributed by atoms with Crippen LogP contribution in [0.25, 0.3) is 10.8 Å². The molecule has 44 heavy (non-hydrogen) atoms. The van der Waals surface area contributed by atoms with E-state index in [2.05, 4.69) is 56.5 Å². The summed E-state index contributed by atoms with van der Waals surface area (Å²) in [5.41, 5.74) is 2.98. The summed E-state index contributed by atoms with van der Waals surface area (Å²) in [6.45, 7) is 9.55. The summed E-state index contributed by atoms with van der Waals surface area (Å²) >= 11 is 0. The van der Waals surface area contributed by atoms with Crippen molar-refractivity contribution < 1.29 is 34.3 Å². The lowest BCUT2D eigenvalue weighted by atomic mass is 9.90. The van der Waals surface area contributed by atoms with Crippen LogP contribution in [0.4, 0.5) is 0 Å². The average molecular weight is 611 g/mol. The number of hydrogen-bond donors (Lipinski definition) is 3. The fourth-order valence-electron chi connectivity index (χ4n) is 5.74. The zero-order chi connectivity index (χ0) is 31.7. The average Bonchev–Trinajstić information content (AvgIpc) is 3.05. The SMILES string of the molecule is C=C(CO)C(=O)OCC(CCCCC1CCC(CCc2ccc3cc(CCCCC)ccc3c2)OC1)COC(O)C(=C)CO. The Balaban J connectivity index is 1.35. The van der Waals surface area contributed by atoms with Gasteiger partial charge >= 0.3 is 5.97 Å². The lowest BCUT2D eigenvalue weighted by molar-refractivity contribution is -0.143. The van der Waals surface area contributed by atoms with E-state index in [-0.39, 0.29) is 36.9 Å². The van der Waals surface area contributed by atoms with Gasteiger partial charge in [0.25, 0.3) is 0 Å². The molecule has 0 aliphatic carbocycles. The molecule has 0 radical (unpaired) electrons. The van der Waals surface area contributed by atoms with Crippen LogP contribution in [0.3, 0.4) is 0 Å². The van der Waals surface area contributed by atoms with Crippen molar-refractivity contribution in [2.24, 2.45) is 11.8 Å². The number of carbonyl (C=O) groups is 1. The maximum atomic E-state index is 11.9. The number of hydrogen-bond acceptors (Lipinski definition) is 7. The minimum Gasteiger partial charge on any atom is -0.462 e. The first kappa shape index (κ1) is 35.9. The third-order valence-electron chi connectivity index (χ3n) is 8.70. The summed E-state index contributed by atoms with van der Waals surface area (Å²) in [6, 6.07) is 13.8. The first-order valence-electron chi connectivity index (χ1n) is 16.5. The fourth-order valence-corrected chi connectivity index (χ4v) is 5.74. The van der Waals surface area contributed by atoms with Gasteiger partial charge in [0.2, 0.25) is 0 Å². The van der Waals surface area contributed by atoms with Crippen LogP contribution in [0.1, 0.15) is 82.3 Å². The minimum atomic E-state index is -1.27. The summed E-state index contributed by atoms with van der Waals surface area (Å²) in [5.74, 6) is -0.228. The lowest BCUT2D eigenvalue weighted by Crippen LogP contribution is -2.26. The smallest absolute Gasteiger partial charge is 0.335 e. The van der Waals surface area contributed by atoms with E-state index < -0.39 is 18.9 Å². The molecule has 3 N–H and O–H groups in total. The maximum absolute atomic E-state index is 11.9.